The molecule has 1 unspecified atom stereocenters. The van der Waals surface area contributed by atoms with Gasteiger partial charge in [-0.15, -0.1) is 0 Å². The first-order valence-corrected chi connectivity index (χ1v) is 9.54. The molecule has 0 spiro atoms. The molecule has 0 aliphatic heterocycles. The van der Waals surface area contributed by atoms with Crippen LogP contribution in [0.2, 0.25) is 0 Å². The molecule has 0 aliphatic carbocycles. The van der Waals surface area contributed by atoms with Crippen LogP contribution in [0.15, 0.2) is 60.4 Å². The van der Waals surface area contributed by atoms with Crippen LogP contribution in [0.3, 0.4) is 0 Å². The van der Waals surface area contributed by atoms with Crippen molar-refractivity contribution in [2.24, 2.45) is 0 Å². The molecule has 1 atom stereocenters. The maximum absolute atomic E-state index is 10.2. The van der Waals surface area contributed by atoms with Gasteiger partial charge in [0.1, 0.15) is 5.76 Å². The smallest absolute Gasteiger partial charge is 0.328 e. The summed E-state index contributed by atoms with van der Waals surface area (Å²) in [6.07, 6.45) is 23.5. The minimum Gasteiger partial charge on any atom is -0.508 e. The van der Waals surface area contributed by atoms with Crippen molar-refractivity contribution in [3.63, 3.8) is 0 Å². The molecule has 0 heterocycles. The van der Waals surface area contributed by atoms with Crippen LogP contribution in [0.1, 0.15) is 64.7 Å². The summed E-state index contributed by atoms with van der Waals surface area (Å²) in [4.78, 5) is 10.2. The molecule has 4 nitrogen and oxygen atoms in total. The lowest BCUT2D eigenvalue weighted by atomic mass is 10.0. The van der Waals surface area contributed by atoms with E-state index in [9.17, 15) is 15.0 Å². The Labute approximate surface area is 157 Å². The summed E-state index contributed by atoms with van der Waals surface area (Å²) in [6.45, 7) is 2.17. The Bertz CT molecular complexity index is 498. The zero-order valence-corrected chi connectivity index (χ0v) is 15.9. The predicted molar refractivity (Wildman–Crippen MR) is 108 cm³/mol. The maximum atomic E-state index is 10.2. The van der Waals surface area contributed by atoms with Crippen LogP contribution >= 0.6 is 0 Å². The Morgan fingerprint density at radius 2 is 1.38 bits per heavy atom. The lowest BCUT2D eigenvalue weighted by Gasteiger charge is -2.09. The second kappa shape index (κ2) is 17.7. The van der Waals surface area contributed by atoms with Crippen LogP contribution in [0.5, 0.6) is 0 Å². The van der Waals surface area contributed by atoms with Crippen molar-refractivity contribution >= 4 is 5.97 Å². The van der Waals surface area contributed by atoms with E-state index in [0.717, 1.165) is 51.0 Å². The largest absolute Gasteiger partial charge is 0.508 e. The minimum absolute atomic E-state index is 0.158. The third-order valence-electron chi connectivity index (χ3n) is 3.80. The van der Waals surface area contributed by atoms with E-state index in [4.69, 9.17) is 5.11 Å². The number of aliphatic hydroxyl groups is 2. The summed E-state index contributed by atoms with van der Waals surface area (Å²) in [7, 11) is 0. The van der Waals surface area contributed by atoms with E-state index in [2.05, 4.69) is 6.92 Å². The van der Waals surface area contributed by atoms with Crippen molar-refractivity contribution in [1.29, 1.82) is 0 Å². The van der Waals surface area contributed by atoms with Gasteiger partial charge in [-0.05, 0) is 37.8 Å². The Balaban J connectivity index is 3.76. The third-order valence-corrected chi connectivity index (χ3v) is 3.80. The summed E-state index contributed by atoms with van der Waals surface area (Å²) < 4.78 is 0. The number of rotatable bonds is 15. The highest BCUT2D eigenvalue weighted by Gasteiger charge is 2.02. The van der Waals surface area contributed by atoms with Gasteiger partial charge in [-0.1, -0.05) is 75.5 Å². The van der Waals surface area contributed by atoms with Crippen molar-refractivity contribution < 1.29 is 20.1 Å². The van der Waals surface area contributed by atoms with Gasteiger partial charge in [0.15, 0.2) is 0 Å². The molecule has 4 heteroatoms. The molecular formula is C22H34O4. The molecule has 146 valence electrons. The molecule has 0 saturated carbocycles. The van der Waals surface area contributed by atoms with Gasteiger partial charge in [-0.25, -0.2) is 4.79 Å². The second-order valence-corrected chi connectivity index (χ2v) is 6.24. The van der Waals surface area contributed by atoms with Gasteiger partial charge in [-0.2, -0.15) is 0 Å². The Morgan fingerprint density at radius 1 is 0.808 bits per heavy atom. The van der Waals surface area contributed by atoms with E-state index in [1.807, 2.05) is 0 Å². The lowest BCUT2D eigenvalue weighted by molar-refractivity contribution is -0.131. The highest BCUT2D eigenvalue weighted by atomic mass is 16.4. The average Bonchev–Trinajstić information content (AvgIpc) is 2.60. The number of hydrogen-bond acceptors (Lipinski definition) is 3. The molecule has 0 aromatic heterocycles. The van der Waals surface area contributed by atoms with Crippen molar-refractivity contribution in [2.45, 2.75) is 70.8 Å². The van der Waals surface area contributed by atoms with Crippen LogP contribution < -0.4 is 0 Å². The normalized spacial score (nSPS) is 14.3. The number of carboxylic acid groups (broad SMARTS) is 1. The van der Waals surface area contributed by atoms with Crippen LogP contribution in [0.4, 0.5) is 0 Å². The summed E-state index contributed by atoms with van der Waals surface area (Å²) in [6, 6.07) is 0. The van der Waals surface area contributed by atoms with Crippen molar-refractivity contribution in [1.82, 2.24) is 0 Å². The van der Waals surface area contributed by atoms with E-state index in [1.54, 1.807) is 42.5 Å². The number of aliphatic carboxylic acids is 1. The SMILES string of the molecule is CCCCCC(O)CCCCC/C=C(O)/C=C/C=C/C=C/C=C/C(=O)O. The highest BCUT2D eigenvalue weighted by molar-refractivity contribution is 5.80. The first-order chi connectivity index (χ1) is 12.6. The first kappa shape index (κ1) is 23.9. The van der Waals surface area contributed by atoms with Gasteiger partial charge in [0.05, 0.1) is 6.10 Å². The molecule has 0 aliphatic rings. The Kier molecular flexibility index (Phi) is 16.3. The van der Waals surface area contributed by atoms with Crippen molar-refractivity contribution in [2.75, 3.05) is 0 Å². The molecule has 0 amide bonds. The lowest BCUT2D eigenvalue weighted by Crippen LogP contribution is -2.05. The molecular weight excluding hydrogens is 328 g/mol. The molecule has 0 fully saturated rings. The van der Waals surface area contributed by atoms with E-state index in [0.29, 0.717) is 0 Å². The fourth-order valence-corrected chi connectivity index (χ4v) is 2.34. The van der Waals surface area contributed by atoms with E-state index in [1.165, 1.54) is 18.9 Å². The van der Waals surface area contributed by atoms with Crippen LogP contribution in [0, 0.1) is 0 Å². The van der Waals surface area contributed by atoms with Crippen molar-refractivity contribution in [3.8, 4) is 0 Å². The molecule has 0 radical (unpaired) electrons. The standard InChI is InChI=1S/C22H34O4/c1-2-3-10-15-20(23)17-12-8-9-13-18-21(24)16-11-6-4-5-7-14-19-22(25)26/h4-7,11,14,16,18-20,23-24H,2-3,8-10,12-13,15,17H2,1H3,(H,25,26)/b6-4+,7-5+,16-11+,19-14+,21-18-. The second-order valence-electron chi connectivity index (χ2n) is 6.24. The topological polar surface area (TPSA) is 77.8 Å². The maximum Gasteiger partial charge on any atom is 0.328 e. The van der Waals surface area contributed by atoms with Gasteiger partial charge in [-0.3, -0.25) is 0 Å². The number of carboxylic acids is 1. The Morgan fingerprint density at radius 3 is 2.00 bits per heavy atom. The fourth-order valence-electron chi connectivity index (χ4n) is 2.34. The zero-order chi connectivity index (χ0) is 19.5. The van der Waals surface area contributed by atoms with E-state index >= 15 is 0 Å². The molecule has 0 rings (SSSR count). The number of aliphatic hydroxyl groups excluding tert-OH is 2. The molecule has 0 aromatic rings. The molecule has 3 N–H and O–H groups in total. The van der Waals surface area contributed by atoms with Crippen LogP contribution in [-0.2, 0) is 4.79 Å². The van der Waals surface area contributed by atoms with Gasteiger partial charge in [0, 0.05) is 6.08 Å². The van der Waals surface area contributed by atoms with Gasteiger partial charge >= 0.3 is 5.97 Å². The number of hydrogen-bond donors (Lipinski definition) is 3. The van der Waals surface area contributed by atoms with Crippen molar-refractivity contribution in [3.05, 3.63) is 60.4 Å². The average molecular weight is 363 g/mol. The predicted octanol–water partition coefficient (Wildman–Crippen LogP) is 5.63. The van der Waals surface area contributed by atoms with E-state index < -0.39 is 5.97 Å². The van der Waals surface area contributed by atoms with Crippen LogP contribution in [-0.4, -0.2) is 27.4 Å². The highest BCUT2D eigenvalue weighted by Crippen LogP contribution is 2.12. The number of allylic oxidation sites excluding steroid dienone is 8. The first-order valence-electron chi connectivity index (χ1n) is 9.54. The van der Waals surface area contributed by atoms with Gasteiger partial charge in [0.25, 0.3) is 0 Å². The minimum atomic E-state index is -0.975. The van der Waals surface area contributed by atoms with Crippen LogP contribution in [0.25, 0.3) is 0 Å². The van der Waals surface area contributed by atoms with Gasteiger partial charge in [0.2, 0.25) is 0 Å². The zero-order valence-electron chi connectivity index (χ0n) is 15.9. The monoisotopic (exact) mass is 362 g/mol. The summed E-state index contributed by atoms with van der Waals surface area (Å²) in [5.74, 6) is -0.735. The molecule has 0 bridgehead atoms. The van der Waals surface area contributed by atoms with Gasteiger partial charge < -0.3 is 15.3 Å². The fraction of sp³-hybridized carbons (Fsp3) is 0.500. The quantitative estimate of drug-likeness (QED) is 0.153. The molecule has 0 saturated heterocycles. The molecule has 0 aromatic carbocycles. The summed E-state index contributed by atoms with van der Waals surface area (Å²) in [5, 5.41) is 28.0. The summed E-state index contributed by atoms with van der Waals surface area (Å²) in [5.41, 5.74) is 0. The Hall–Kier alpha value is -2.07. The number of unbranched alkanes of at least 4 members (excludes halogenated alkanes) is 5. The number of carbonyl (C=O) groups is 1. The third kappa shape index (κ3) is 18.3. The molecule has 26 heavy (non-hydrogen) atoms. The summed E-state index contributed by atoms with van der Waals surface area (Å²) >= 11 is 0. The van der Waals surface area contributed by atoms with E-state index in [-0.39, 0.29) is 11.9 Å².